The first kappa shape index (κ1) is 94.3. The van der Waals surface area contributed by atoms with Crippen LogP contribution in [0.25, 0.3) is 0 Å². The highest BCUT2D eigenvalue weighted by Gasteiger charge is 2.45. The largest absolute Gasteiger partial charge is 0.299 e. The fraction of sp³-hybridized carbons (Fsp3) is 0.667. The van der Waals surface area contributed by atoms with Crippen LogP contribution in [0.2, 0.25) is 0 Å². The maximum absolute atomic E-state index is 11.2. The van der Waals surface area contributed by atoms with Gasteiger partial charge in [-0.05, 0) is 27.7 Å². The van der Waals surface area contributed by atoms with Crippen molar-refractivity contribution in [1.29, 1.82) is 0 Å². The van der Waals surface area contributed by atoms with Gasteiger partial charge in [-0.3, -0.25) is 43.2 Å². The number of carbonyl (C=O) groups excluding carboxylic acids is 9. The quantitative estimate of drug-likeness (QED) is 0.171. The Bertz CT molecular complexity index is 1380. The van der Waals surface area contributed by atoms with E-state index in [4.69, 9.17) is 255 Å². The molecule has 0 aromatic heterocycles. The van der Waals surface area contributed by atoms with Crippen LogP contribution in [0, 0.1) is 0 Å². The van der Waals surface area contributed by atoms with Gasteiger partial charge in [0, 0.05) is 0 Å². The summed E-state index contributed by atoms with van der Waals surface area (Å²) >= 11 is 138. The smallest absolute Gasteiger partial charge is 0.253 e. The molecule has 0 saturated carbocycles. The fourth-order valence-corrected chi connectivity index (χ4v) is 8.08. The Hall–Kier alpha value is 7.98. The first-order chi connectivity index (χ1) is 29.0. The predicted octanol–water partition coefficient (Wildman–Crippen LogP) is 19.5. The van der Waals surface area contributed by atoms with Crippen LogP contribution in [0.3, 0.4) is 0 Å². The van der Waals surface area contributed by atoms with Gasteiger partial charge >= 0.3 is 0 Å². The van der Waals surface area contributed by atoms with E-state index in [0.29, 0.717) is 4.43 Å². The second-order valence-corrected chi connectivity index (χ2v) is 40.7. The Morgan fingerprint density at radius 3 is 0.672 bits per heavy atom. The van der Waals surface area contributed by atoms with Crippen LogP contribution in [-0.2, 0) is 43.2 Å². The van der Waals surface area contributed by atoms with Gasteiger partial charge in [-0.1, -0.05) is 382 Å². The molecule has 0 aliphatic carbocycles. The zero-order valence-electron chi connectivity index (χ0n) is 31.9. The second-order valence-electron chi connectivity index (χ2n) is 9.33. The number of carbonyl (C=O) groups is 9. The van der Waals surface area contributed by atoms with Gasteiger partial charge in [0.15, 0.2) is 52.5 Å². The maximum atomic E-state index is 11.2. The molecule has 40 heteroatoms. The van der Waals surface area contributed by atoms with Crippen molar-refractivity contribution in [2.75, 3.05) is 16.2 Å². The Labute approximate surface area is 577 Å². The molecule has 0 N–H and O–H groups in total. The van der Waals surface area contributed by atoms with Crippen molar-refractivity contribution < 1.29 is 43.2 Å². The van der Waals surface area contributed by atoms with Crippen molar-refractivity contribution in [2.45, 2.75) is 70.2 Å². The Balaban J connectivity index is -0.0000000814. The Morgan fingerprint density at radius 2 is 0.672 bits per heavy atom. The van der Waals surface area contributed by atoms with Crippen molar-refractivity contribution in [1.82, 2.24) is 0 Å². The molecule has 0 unspecified atom stereocenters. The minimum atomic E-state index is -2.18. The van der Waals surface area contributed by atoms with E-state index < -0.39 is 61.9 Å². The van der Waals surface area contributed by atoms with Crippen molar-refractivity contribution in [3.63, 3.8) is 0 Å². The molecule has 0 spiro atoms. The van der Waals surface area contributed by atoms with Crippen molar-refractivity contribution in [3.8, 4) is 0 Å². The summed E-state index contributed by atoms with van der Waals surface area (Å²) in [7, 11) is 0. The van der Waals surface area contributed by atoms with E-state index >= 15 is 0 Å². The lowest BCUT2D eigenvalue weighted by atomic mass is 10.5. The lowest BCUT2D eigenvalue weighted by Crippen LogP contribution is -2.31. The second kappa shape index (κ2) is 49.8. The third kappa shape index (κ3) is 78.3. The van der Waals surface area contributed by atoms with E-state index in [9.17, 15) is 43.2 Å². The van der Waals surface area contributed by atoms with Crippen LogP contribution in [0.4, 0.5) is 0 Å². The number of rotatable bonds is 8. The van der Waals surface area contributed by atoms with Gasteiger partial charge in [0.2, 0.25) is 21.1 Å². The number of ketones is 9. The molecule has 0 aliphatic heterocycles. The third-order valence-electron chi connectivity index (χ3n) is 3.44. The highest BCUT2D eigenvalue weighted by molar-refractivity contribution is 14.1. The molecule has 0 radical (unpaired) electrons. The van der Waals surface area contributed by atoms with Gasteiger partial charge in [-0.25, -0.2) is 0 Å². The summed E-state index contributed by atoms with van der Waals surface area (Å²) in [6.07, 6.45) is 0. The molecular formula is C27H23Br8Cl22IO9. The van der Waals surface area contributed by atoms with Gasteiger partial charge in [0.05, 0.1) is 16.2 Å². The van der Waals surface area contributed by atoms with Crippen LogP contribution < -0.4 is 0 Å². The molecule has 0 fully saturated rings. The van der Waals surface area contributed by atoms with Crippen LogP contribution in [0.5, 0.6) is 0 Å². The summed E-state index contributed by atoms with van der Waals surface area (Å²) in [5.41, 5.74) is 0. The van der Waals surface area contributed by atoms with Gasteiger partial charge in [-0.15, -0.1) is 23.2 Å². The topological polar surface area (TPSA) is 154 Å². The first-order valence-electron chi connectivity index (χ1n) is 14.2. The lowest BCUT2D eigenvalue weighted by Gasteiger charge is -2.17. The molecule has 67 heavy (non-hydrogen) atoms. The van der Waals surface area contributed by atoms with Crippen LogP contribution in [0.1, 0.15) is 27.7 Å². The highest BCUT2D eigenvalue weighted by Crippen LogP contribution is 2.46. The fourth-order valence-electron chi connectivity index (χ4n) is 0.576. The number of Topliss-reactive ketones (excluding diaryl/α,β-unsaturated/α-hetero) is 9. The van der Waals surface area contributed by atoms with E-state index in [-0.39, 0.29) is 44.4 Å². The normalized spacial score (nSPS) is 11.1. The predicted molar refractivity (Wildman–Crippen MR) is 332 cm³/mol. The Morgan fingerprint density at radius 1 is 0.448 bits per heavy atom. The summed E-state index contributed by atoms with van der Waals surface area (Å²) in [6, 6.07) is 0. The summed E-state index contributed by atoms with van der Waals surface area (Å²) in [6.45, 7) is 5.64. The molecule has 402 valence electrons. The average Bonchev–Trinajstić information content (AvgIpc) is 3.12. The van der Waals surface area contributed by atoms with Gasteiger partial charge in [0.25, 0.3) is 11.4 Å². The summed E-state index contributed by atoms with van der Waals surface area (Å²) < 4.78 is -9.40. The standard InChI is InChI=1S/C3Br6O.C3H4Br2O.C3Cl6O.C3HCl5O.C3H2Cl4O.C3H3Cl3O.2C3H4Cl2O.C3H5IO/c4-2(5,6)1(10)3(7,8)9;1-2(6)3(4)5;4-2(5,6)1(10)3(7,8)9;4-2(5)1(9)3(6,7)8;4-2(5)1(8)3(6)7;1-2(7)3(4,5)6;4-1-3(6)2-5;1-2(6)3(4)5;1-3(5)2-4/h;3H,1H3;;2H;2-3H;1H3;1-2H2;3H,1H3;2H2,1H3. The summed E-state index contributed by atoms with van der Waals surface area (Å²) in [5.74, 6) is -3.09. The molecule has 0 atom stereocenters. The lowest BCUT2D eigenvalue weighted by molar-refractivity contribution is -0.118. The first-order valence-corrected chi connectivity index (χ1v) is 31.4. The highest BCUT2D eigenvalue weighted by atomic mass is 127. The monoisotopic (exact) mass is 2020 g/mol. The van der Waals surface area contributed by atoms with E-state index in [1.54, 1.807) is 6.92 Å². The number of halogens is 31. The molecule has 0 rings (SSSR count). The molecule has 0 saturated heterocycles. The van der Waals surface area contributed by atoms with Crippen molar-refractivity contribution in [3.05, 3.63) is 0 Å². The van der Waals surface area contributed by atoms with Crippen molar-refractivity contribution >= 4 is 457 Å². The van der Waals surface area contributed by atoms with Crippen molar-refractivity contribution in [2.24, 2.45) is 0 Å². The Kier molecular flexibility index (Phi) is 70.0. The molecular weight excluding hydrogens is 2010 g/mol. The molecule has 0 bridgehead atoms. The van der Waals surface area contributed by atoms with Crippen LogP contribution >= 0.6 is 405 Å². The third-order valence-corrected chi connectivity index (χ3v) is 12.8. The zero-order chi connectivity index (χ0) is 57.2. The maximum Gasteiger partial charge on any atom is 0.253 e. The molecule has 9 nitrogen and oxygen atoms in total. The molecule has 0 amide bonds. The molecule has 0 aromatic rings. The summed E-state index contributed by atoms with van der Waals surface area (Å²) in [5, 5.41) is 0. The van der Waals surface area contributed by atoms with Crippen LogP contribution in [-0.4, -0.2) is 111 Å². The van der Waals surface area contributed by atoms with Gasteiger partial charge < -0.3 is 0 Å². The van der Waals surface area contributed by atoms with E-state index in [1.165, 1.54) is 20.8 Å². The zero-order valence-corrected chi connectivity index (χ0v) is 63.4. The average molecular weight is 2040 g/mol. The number of alkyl halides is 31. The van der Waals surface area contributed by atoms with E-state index in [2.05, 4.69) is 127 Å². The molecule has 0 aromatic carbocycles. The van der Waals surface area contributed by atoms with E-state index in [1.807, 2.05) is 22.6 Å². The minimum absolute atomic E-state index is 0.0312. The SMILES string of the molecule is CC(=O)C(Br)Br.CC(=O)C(Cl)(Cl)Cl.CC(=O)C(Cl)Cl.CC(=O)CI.O=C(C(Br)(Br)Br)C(Br)(Br)Br.O=C(C(Cl)(Cl)Cl)C(Cl)(Cl)Cl.O=C(C(Cl)Cl)C(Cl)(Cl)Cl.O=C(C(Cl)Cl)C(Cl)Cl.O=C(CCl)CCl. The van der Waals surface area contributed by atoms with Gasteiger partial charge in [0.1, 0.15) is 9.52 Å². The summed E-state index contributed by atoms with van der Waals surface area (Å²) in [4.78, 5) is 88.1. The number of hydrogen-bond donors (Lipinski definition) is 0. The molecule has 0 aliphatic rings. The van der Waals surface area contributed by atoms with Gasteiger partial charge in [-0.2, -0.15) is 0 Å². The van der Waals surface area contributed by atoms with Crippen LogP contribution in [0.15, 0.2) is 0 Å². The minimum Gasteiger partial charge on any atom is -0.299 e. The molecule has 0 heterocycles. The van der Waals surface area contributed by atoms with E-state index in [0.717, 1.165) is 0 Å². The number of hydrogen-bond acceptors (Lipinski definition) is 9.